The largest absolute Gasteiger partial charge is 2.00 e. The van der Waals surface area contributed by atoms with Crippen LogP contribution in [-0.4, -0.2) is 43.1 Å². The van der Waals surface area contributed by atoms with E-state index in [1.54, 1.807) is 24.3 Å². The number of hydrogen-bond acceptors (Lipinski definition) is 12. The maximum atomic E-state index is 10.2. The minimum atomic E-state index is 0. The summed E-state index contributed by atoms with van der Waals surface area (Å²) in [6, 6.07) is 62.9. The van der Waals surface area contributed by atoms with Gasteiger partial charge in [0.1, 0.15) is 11.5 Å². The average Bonchev–Trinajstić information content (AvgIpc) is 1.60. The summed E-state index contributed by atoms with van der Waals surface area (Å²) in [5, 5.41) is 21.5. The summed E-state index contributed by atoms with van der Waals surface area (Å²) in [5.41, 5.74) is 18.4. The molecule has 472 valence electrons. The SMILES string of the molecule is Cc1cc(-c2nccc3c(N(c4ccc(C(C)(C)C)cc4)c4ccc(C(C)(C)C)cc4)cccc23)[n-]n1.Cc1cc(-c2nccc3c(N(c4ccc(C(C)(C)C)cc4)c4ccc(C(C)(C)C)cc4)cccc23)[n-]n1.O=COc1ccnc(-c2cc(OC=O)ccn2)c1.[Ru+2]. The quantitative estimate of drug-likeness (QED) is 0.0791. The fraction of sp³-hybridized carbons (Fsp3) is 0.231. The third-order valence-corrected chi connectivity index (χ3v) is 15.9. The Labute approximate surface area is 558 Å². The molecular weight excluding hydrogens is 1240 g/mol. The normalized spacial score (nSPS) is 11.5. The number of carbonyl (C=O) groups excluding carboxylic acids is 2. The second kappa shape index (κ2) is 28.3. The number of nitrogens with zero attached hydrogens (tertiary/aromatic N) is 10. The molecular formula is C78H78N10O4Ru. The van der Waals surface area contributed by atoms with Crippen LogP contribution in [0.25, 0.3) is 55.7 Å². The number of ether oxygens (including phenoxy) is 2. The van der Waals surface area contributed by atoms with E-state index in [9.17, 15) is 9.59 Å². The van der Waals surface area contributed by atoms with Crippen LogP contribution < -0.4 is 29.5 Å². The molecule has 12 aromatic rings. The fourth-order valence-corrected chi connectivity index (χ4v) is 10.8. The molecule has 0 atom stereocenters. The van der Waals surface area contributed by atoms with Gasteiger partial charge in [0.05, 0.1) is 34.2 Å². The second-order valence-electron chi connectivity index (χ2n) is 26.8. The van der Waals surface area contributed by atoms with Gasteiger partial charge >= 0.3 is 19.5 Å². The molecule has 0 bridgehead atoms. The Morgan fingerprint density at radius 3 is 0.935 bits per heavy atom. The summed E-state index contributed by atoms with van der Waals surface area (Å²) in [7, 11) is 0. The molecule has 0 aliphatic heterocycles. The third kappa shape index (κ3) is 15.9. The summed E-state index contributed by atoms with van der Waals surface area (Å²) < 4.78 is 9.42. The van der Waals surface area contributed by atoms with Gasteiger partial charge < -0.3 is 39.7 Å². The maximum Gasteiger partial charge on any atom is 2.00 e. The van der Waals surface area contributed by atoms with E-state index in [4.69, 9.17) is 19.4 Å². The van der Waals surface area contributed by atoms with Crippen molar-refractivity contribution in [3.63, 3.8) is 0 Å². The Hall–Kier alpha value is -9.98. The van der Waals surface area contributed by atoms with E-state index in [1.165, 1.54) is 34.6 Å². The summed E-state index contributed by atoms with van der Waals surface area (Å²) in [5.74, 6) is 0.719. The van der Waals surface area contributed by atoms with E-state index in [0.717, 1.165) is 89.8 Å². The van der Waals surface area contributed by atoms with Crippen LogP contribution in [0.15, 0.2) is 207 Å². The Bertz CT molecular complexity index is 4110. The molecule has 0 spiro atoms. The molecule has 6 heterocycles. The molecule has 6 aromatic heterocycles. The number of rotatable bonds is 13. The summed E-state index contributed by atoms with van der Waals surface area (Å²) in [6.45, 7) is 31.6. The zero-order valence-corrected chi connectivity index (χ0v) is 57.0. The van der Waals surface area contributed by atoms with Crippen LogP contribution in [0.3, 0.4) is 0 Å². The Morgan fingerprint density at radius 2 is 0.667 bits per heavy atom. The van der Waals surface area contributed by atoms with Crippen molar-refractivity contribution in [3.05, 3.63) is 240 Å². The molecule has 0 fully saturated rings. The summed E-state index contributed by atoms with van der Waals surface area (Å²) in [6.07, 6.45) is 6.72. The first-order chi connectivity index (χ1) is 43.9. The molecule has 0 saturated heterocycles. The van der Waals surface area contributed by atoms with Crippen LogP contribution >= 0.6 is 0 Å². The second-order valence-corrected chi connectivity index (χ2v) is 26.8. The van der Waals surface area contributed by atoms with Gasteiger partial charge in [0.2, 0.25) is 0 Å². The predicted octanol–water partition coefficient (Wildman–Crippen LogP) is 18.5. The van der Waals surface area contributed by atoms with E-state index in [2.05, 4.69) is 269 Å². The molecule has 0 unspecified atom stereocenters. The third-order valence-electron chi connectivity index (χ3n) is 15.9. The number of carbonyl (C=O) groups is 2. The van der Waals surface area contributed by atoms with Crippen LogP contribution in [0.1, 0.15) is 117 Å². The van der Waals surface area contributed by atoms with Gasteiger partial charge in [0.25, 0.3) is 12.9 Å². The first kappa shape index (κ1) is 67.4. The zero-order chi connectivity index (χ0) is 65.5. The first-order valence-electron chi connectivity index (χ1n) is 30.7. The molecule has 0 saturated carbocycles. The number of aryl methyl sites for hydroxylation is 2. The van der Waals surface area contributed by atoms with Crippen molar-refractivity contribution in [2.24, 2.45) is 0 Å². The van der Waals surface area contributed by atoms with Gasteiger partial charge in [0, 0.05) is 92.6 Å². The maximum absolute atomic E-state index is 10.2. The smallest absolute Gasteiger partial charge is 0.573 e. The molecule has 0 radical (unpaired) electrons. The molecule has 14 nitrogen and oxygen atoms in total. The molecule has 0 N–H and O–H groups in total. The number of hydrogen-bond donors (Lipinski definition) is 0. The van der Waals surface area contributed by atoms with Crippen LogP contribution in [0.2, 0.25) is 0 Å². The van der Waals surface area contributed by atoms with Gasteiger partial charge in [0.15, 0.2) is 0 Å². The zero-order valence-electron chi connectivity index (χ0n) is 55.2. The molecule has 0 aliphatic rings. The van der Waals surface area contributed by atoms with Crippen molar-refractivity contribution >= 4 is 68.6 Å². The molecule has 93 heavy (non-hydrogen) atoms. The van der Waals surface area contributed by atoms with Crippen LogP contribution in [-0.2, 0) is 50.7 Å². The predicted molar refractivity (Wildman–Crippen MR) is 371 cm³/mol. The molecule has 0 aliphatic carbocycles. The van der Waals surface area contributed by atoms with Gasteiger partial charge in [-0.2, -0.15) is 0 Å². The first-order valence-corrected chi connectivity index (χ1v) is 30.7. The minimum Gasteiger partial charge on any atom is -0.573 e. The van der Waals surface area contributed by atoms with Crippen molar-refractivity contribution in [2.45, 2.75) is 119 Å². The van der Waals surface area contributed by atoms with Crippen LogP contribution in [0.5, 0.6) is 11.5 Å². The van der Waals surface area contributed by atoms with E-state index in [1.807, 2.05) is 38.4 Å². The molecule has 6 aromatic carbocycles. The average molecular weight is 1320 g/mol. The van der Waals surface area contributed by atoms with Gasteiger partial charge in [-0.25, -0.2) is 0 Å². The summed E-state index contributed by atoms with van der Waals surface area (Å²) in [4.78, 5) is 42.7. The van der Waals surface area contributed by atoms with E-state index in [-0.39, 0.29) is 41.1 Å². The number of aromatic nitrogens is 8. The van der Waals surface area contributed by atoms with Gasteiger partial charge in [-0.05, 0) is 143 Å². The molecule has 12 rings (SSSR count). The number of benzene rings is 6. The van der Waals surface area contributed by atoms with E-state index in [0.29, 0.717) is 35.8 Å². The molecule has 15 heteroatoms. The molecule has 0 amide bonds. The monoisotopic (exact) mass is 1320 g/mol. The Morgan fingerprint density at radius 1 is 0.366 bits per heavy atom. The van der Waals surface area contributed by atoms with Crippen LogP contribution in [0, 0.1) is 13.8 Å². The van der Waals surface area contributed by atoms with E-state index >= 15 is 0 Å². The standard InChI is InChI=1S/2C33H35N4.C12H8N2O4.Ru/c2*1-22-21-29(36-35-22)31-28-9-8-10-30(27(28)19-20-34-31)37(25-15-11-23(12-16-25)32(2,3)4)26-17-13-24(14-18-26)33(5,6)7;15-7-17-9-1-3-13-11(5-9)12-6-10(18-8-16)2-4-14-12;/h2*8-21H,1-7H3;1-8H;/q2*-1;;+2. The summed E-state index contributed by atoms with van der Waals surface area (Å²) >= 11 is 0. The van der Waals surface area contributed by atoms with Crippen molar-refractivity contribution in [2.75, 3.05) is 9.80 Å². The number of anilines is 6. The van der Waals surface area contributed by atoms with E-state index < -0.39 is 0 Å². The van der Waals surface area contributed by atoms with Crippen molar-refractivity contribution in [1.82, 2.24) is 40.3 Å². The number of pyridine rings is 4. The van der Waals surface area contributed by atoms with Gasteiger partial charge in [-0.15, -0.1) is 0 Å². The van der Waals surface area contributed by atoms with Gasteiger partial charge in [-0.1, -0.05) is 179 Å². The van der Waals surface area contributed by atoms with Crippen molar-refractivity contribution < 1.29 is 38.5 Å². The minimum absolute atomic E-state index is 0. The van der Waals surface area contributed by atoms with Crippen molar-refractivity contribution in [1.29, 1.82) is 0 Å². The van der Waals surface area contributed by atoms with Crippen molar-refractivity contribution in [3.8, 4) is 45.7 Å². The number of fused-ring (bicyclic) bond motifs is 2. The Balaban J connectivity index is 0.000000173. The van der Waals surface area contributed by atoms with Gasteiger partial charge in [-0.3, -0.25) is 29.5 Å². The van der Waals surface area contributed by atoms with Crippen LogP contribution in [0.4, 0.5) is 34.1 Å². The fourth-order valence-electron chi connectivity index (χ4n) is 10.8. The Kier molecular flexibility index (Phi) is 20.5. The topological polar surface area (TPSA) is 165 Å².